The summed E-state index contributed by atoms with van der Waals surface area (Å²) in [7, 11) is 3.57. The molecule has 0 atom stereocenters. The first-order chi connectivity index (χ1) is 12.1. The molecule has 130 valence electrons. The Morgan fingerprint density at radius 3 is 2.28 bits per heavy atom. The summed E-state index contributed by atoms with van der Waals surface area (Å²) in [5.74, 6) is -0.0166. The number of likely N-dealkylation sites (N-methyl/N-ethyl adjacent to an activating group) is 1. The SMILES string of the molecule is COCc1ccc(CNC(=O)CN(C)Cc2ccc(C#N)cc2)cc1. The molecule has 0 unspecified atom stereocenters. The van der Waals surface area contributed by atoms with E-state index < -0.39 is 0 Å². The molecule has 2 rings (SSSR count). The maximum absolute atomic E-state index is 12.1. The number of hydrogen-bond acceptors (Lipinski definition) is 4. The number of amides is 1. The molecular formula is C20H23N3O2. The lowest BCUT2D eigenvalue weighted by molar-refractivity contribution is -0.122. The topological polar surface area (TPSA) is 65.4 Å². The molecule has 0 saturated carbocycles. The van der Waals surface area contributed by atoms with Gasteiger partial charge in [-0.25, -0.2) is 0 Å². The van der Waals surface area contributed by atoms with Crippen LogP contribution in [0.1, 0.15) is 22.3 Å². The number of benzene rings is 2. The predicted molar refractivity (Wildman–Crippen MR) is 96.5 cm³/mol. The van der Waals surface area contributed by atoms with Crippen molar-refractivity contribution in [3.63, 3.8) is 0 Å². The van der Waals surface area contributed by atoms with Gasteiger partial charge in [0, 0.05) is 20.2 Å². The van der Waals surface area contributed by atoms with Crippen LogP contribution in [-0.4, -0.2) is 31.5 Å². The molecule has 0 aliphatic carbocycles. The zero-order chi connectivity index (χ0) is 18.1. The highest BCUT2D eigenvalue weighted by Gasteiger charge is 2.07. The van der Waals surface area contributed by atoms with Gasteiger partial charge in [-0.1, -0.05) is 36.4 Å². The second-order valence-corrected chi connectivity index (χ2v) is 6.01. The Labute approximate surface area is 148 Å². The highest BCUT2D eigenvalue weighted by molar-refractivity contribution is 5.77. The van der Waals surface area contributed by atoms with Gasteiger partial charge in [0.1, 0.15) is 0 Å². The highest BCUT2D eigenvalue weighted by atomic mass is 16.5. The fourth-order valence-corrected chi connectivity index (χ4v) is 2.47. The summed E-state index contributed by atoms with van der Waals surface area (Å²) in [6.45, 7) is 2.08. The van der Waals surface area contributed by atoms with Crippen molar-refractivity contribution in [2.75, 3.05) is 20.7 Å². The van der Waals surface area contributed by atoms with Crippen LogP contribution in [0, 0.1) is 11.3 Å². The Balaban J connectivity index is 1.76. The number of nitriles is 1. The molecule has 0 bridgehead atoms. The van der Waals surface area contributed by atoms with Crippen LogP contribution < -0.4 is 5.32 Å². The van der Waals surface area contributed by atoms with Gasteiger partial charge in [-0.05, 0) is 35.9 Å². The van der Waals surface area contributed by atoms with E-state index in [-0.39, 0.29) is 5.91 Å². The second kappa shape index (κ2) is 9.58. The molecule has 0 saturated heterocycles. The number of carbonyl (C=O) groups excluding carboxylic acids is 1. The molecule has 0 aliphatic heterocycles. The fourth-order valence-electron chi connectivity index (χ4n) is 2.47. The van der Waals surface area contributed by atoms with Crippen LogP contribution in [0.25, 0.3) is 0 Å². The van der Waals surface area contributed by atoms with Gasteiger partial charge in [0.2, 0.25) is 5.91 Å². The van der Waals surface area contributed by atoms with Crippen LogP contribution in [-0.2, 0) is 29.2 Å². The molecule has 0 fully saturated rings. The molecule has 0 aromatic heterocycles. The first-order valence-electron chi connectivity index (χ1n) is 8.11. The molecule has 0 radical (unpaired) electrons. The first-order valence-corrected chi connectivity index (χ1v) is 8.11. The van der Waals surface area contributed by atoms with Gasteiger partial charge in [0.05, 0.1) is 24.8 Å². The quantitative estimate of drug-likeness (QED) is 0.803. The van der Waals surface area contributed by atoms with E-state index in [4.69, 9.17) is 10.00 Å². The van der Waals surface area contributed by atoms with E-state index in [1.54, 1.807) is 19.2 Å². The van der Waals surface area contributed by atoms with E-state index in [2.05, 4.69) is 11.4 Å². The van der Waals surface area contributed by atoms with Crippen molar-refractivity contribution in [3.05, 3.63) is 70.8 Å². The van der Waals surface area contributed by atoms with Crippen LogP contribution >= 0.6 is 0 Å². The van der Waals surface area contributed by atoms with Crippen LogP contribution in [0.3, 0.4) is 0 Å². The van der Waals surface area contributed by atoms with Crippen LogP contribution in [0.5, 0.6) is 0 Å². The molecule has 5 heteroatoms. The maximum atomic E-state index is 12.1. The highest BCUT2D eigenvalue weighted by Crippen LogP contribution is 2.07. The number of nitrogens with zero attached hydrogens (tertiary/aromatic N) is 2. The Hall–Kier alpha value is -2.68. The fraction of sp³-hybridized carbons (Fsp3) is 0.300. The van der Waals surface area contributed by atoms with E-state index in [0.717, 1.165) is 16.7 Å². The van der Waals surface area contributed by atoms with Crippen molar-refractivity contribution >= 4 is 5.91 Å². The summed E-state index contributed by atoms with van der Waals surface area (Å²) < 4.78 is 5.08. The number of methoxy groups -OCH3 is 1. The zero-order valence-corrected chi connectivity index (χ0v) is 14.7. The van der Waals surface area contributed by atoms with Gasteiger partial charge < -0.3 is 10.1 Å². The van der Waals surface area contributed by atoms with Gasteiger partial charge in [0.15, 0.2) is 0 Å². The Kier molecular flexibility index (Phi) is 7.15. The Morgan fingerprint density at radius 1 is 1.08 bits per heavy atom. The van der Waals surface area contributed by atoms with Crippen molar-refractivity contribution in [2.24, 2.45) is 0 Å². The standard InChI is InChI=1S/C20H23N3O2/c1-23(13-18-7-3-16(11-21)4-8-18)14-20(24)22-12-17-5-9-19(10-6-17)15-25-2/h3-10H,12-15H2,1-2H3,(H,22,24). The number of hydrogen-bond donors (Lipinski definition) is 1. The van der Waals surface area contributed by atoms with Gasteiger partial charge >= 0.3 is 0 Å². The average molecular weight is 337 g/mol. The van der Waals surface area contributed by atoms with Gasteiger partial charge in [-0.3, -0.25) is 9.69 Å². The molecule has 1 amide bonds. The molecular weight excluding hydrogens is 314 g/mol. The Bertz CT molecular complexity index is 718. The molecule has 5 nitrogen and oxygen atoms in total. The molecule has 0 aliphatic rings. The molecule has 2 aromatic rings. The number of carbonyl (C=O) groups is 1. The summed E-state index contributed by atoms with van der Waals surface area (Å²) in [6, 6.07) is 17.5. The largest absolute Gasteiger partial charge is 0.380 e. The molecule has 2 aromatic carbocycles. The summed E-state index contributed by atoms with van der Waals surface area (Å²) >= 11 is 0. The normalized spacial score (nSPS) is 10.5. The third-order valence-electron chi connectivity index (χ3n) is 3.77. The van der Waals surface area contributed by atoms with E-state index in [1.165, 1.54) is 0 Å². The van der Waals surface area contributed by atoms with Crippen LogP contribution in [0.2, 0.25) is 0 Å². The van der Waals surface area contributed by atoms with Crippen LogP contribution in [0.15, 0.2) is 48.5 Å². The van der Waals surface area contributed by atoms with Crippen molar-refractivity contribution < 1.29 is 9.53 Å². The number of nitrogens with one attached hydrogen (secondary N) is 1. The summed E-state index contributed by atoms with van der Waals surface area (Å²) in [5.41, 5.74) is 3.88. The third-order valence-corrected chi connectivity index (χ3v) is 3.77. The Morgan fingerprint density at radius 2 is 1.68 bits per heavy atom. The van der Waals surface area contributed by atoms with Crippen molar-refractivity contribution in [1.82, 2.24) is 10.2 Å². The molecule has 0 heterocycles. The zero-order valence-electron chi connectivity index (χ0n) is 14.7. The maximum Gasteiger partial charge on any atom is 0.234 e. The summed E-state index contributed by atoms with van der Waals surface area (Å²) in [6.07, 6.45) is 0. The van der Waals surface area contributed by atoms with E-state index in [0.29, 0.717) is 31.8 Å². The lowest BCUT2D eigenvalue weighted by Gasteiger charge is -2.16. The lowest BCUT2D eigenvalue weighted by Crippen LogP contribution is -2.34. The number of rotatable bonds is 8. The van der Waals surface area contributed by atoms with Gasteiger partial charge in [0.25, 0.3) is 0 Å². The van der Waals surface area contributed by atoms with Gasteiger partial charge in [-0.2, -0.15) is 5.26 Å². The summed E-state index contributed by atoms with van der Waals surface area (Å²) in [5, 5.41) is 11.7. The minimum absolute atomic E-state index is 0.0166. The van der Waals surface area contributed by atoms with Crippen molar-refractivity contribution in [1.29, 1.82) is 5.26 Å². The minimum Gasteiger partial charge on any atom is -0.380 e. The average Bonchev–Trinajstić information content (AvgIpc) is 2.62. The summed E-state index contributed by atoms with van der Waals surface area (Å²) in [4.78, 5) is 14.0. The van der Waals surface area contributed by atoms with E-state index >= 15 is 0 Å². The lowest BCUT2D eigenvalue weighted by atomic mass is 10.1. The minimum atomic E-state index is -0.0166. The molecule has 0 spiro atoms. The smallest absolute Gasteiger partial charge is 0.234 e. The third kappa shape index (κ3) is 6.38. The molecule has 1 N–H and O–H groups in total. The van der Waals surface area contributed by atoms with E-state index in [1.807, 2.05) is 48.3 Å². The molecule has 25 heavy (non-hydrogen) atoms. The predicted octanol–water partition coefficient (Wildman–Crippen LogP) is 2.45. The second-order valence-electron chi connectivity index (χ2n) is 6.01. The first kappa shape index (κ1) is 18.7. The van der Waals surface area contributed by atoms with E-state index in [9.17, 15) is 4.79 Å². The van der Waals surface area contributed by atoms with Crippen molar-refractivity contribution in [2.45, 2.75) is 19.7 Å². The van der Waals surface area contributed by atoms with Crippen molar-refractivity contribution in [3.8, 4) is 6.07 Å². The van der Waals surface area contributed by atoms with Gasteiger partial charge in [-0.15, -0.1) is 0 Å². The monoisotopic (exact) mass is 337 g/mol. The van der Waals surface area contributed by atoms with Crippen LogP contribution in [0.4, 0.5) is 0 Å². The number of ether oxygens (including phenoxy) is 1.